The minimum atomic E-state index is -0.708. The molecule has 2 aromatic rings. The first-order valence-electron chi connectivity index (χ1n) is 16.9. The number of ether oxygens (including phenoxy) is 1. The number of aromatic nitrogens is 2. The molecule has 0 unspecified atom stereocenters. The van der Waals surface area contributed by atoms with Gasteiger partial charge in [0, 0.05) is 43.2 Å². The van der Waals surface area contributed by atoms with E-state index in [1.807, 2.05) is 61.5 Å². The summed E-state index contributed by atoms with van der Waals surface area (Å²) in [6.45, 7) is 16.9. The lowest BCUT2D eigenvalue weighted by Crippen LogP contribution is -2.60. The quantitative estimate of drug-likeness (QED) is 0.335. The number of rotatable bonds is 9. The number of carbonyl (C=O) groups excluding carboxylic acids is 3. The molecule has 1 aliphatic heterocycles. The predicted molar refractivity (Wildman–Crippen MR) is 179 cm³/mol. The van der Waals surface area contributed by atoms with E-state index >= 15 is 0 Å². The van der Waals surface area contributed by atoms with Crippen molar-refractivity contribution in [1.29, 1.82) is 0 Å². The van der Waals surface area contributed by atoms with Crippen molar-refractivity contribution in [2.45, 2.75) is 123 Å². The zero-order chi connectivity index (χ0) is 34.5. The smallest absolute Gasteiger partial charge is 0.410 e. The molecule has 2 fully saturated rings. The van der Waals surface area contributed by atoms with Gasteiger partial charge in [-0.15, -0.1) is 0 Å². The van der Waals surface area contributed by atoms with E-state index in [-0.39, 0.29) is 54.3 Å². The average molecular weight is 655 g/mol. The molecule has 3 N–H and O–H groups in total. The number of aliphatic hydroxyl groups excluding tert-OH is 1. The third-order valence-corrected chi connectivity index (χ3v) is 8.46. The second-order valence-electron chi connectivity index (χ2n) is 15.5. The summed E-state index contributed by atoms with van der Waals surface area (Å²) in [5.41, 5.74) is -0.736. The lowest BCUT2D eigenvalue weighted by molar-refractivity contribution is -0.127. The van der Waals surface area contributed by atoms with E-state index in [0.717, 1.165) is 0 Å². The van der Waals surface area contributed by atoms with Crippen LogP contribution in [-0.2, 0) is 21.5 Å². The van der Waals surface area contributed by atoms with Crippen LogP contribution in [0.1, 0.15) is 109 Å². The number of aliphatic hydroxyl groups is 1. The summed E-state index contributed by atoms with van der Waals surface area (Å²) in [5.74, 6) is 1.29. The molecule has 2 aliphatic rings. The number of hydrogen-bond acceptors (Lipinski definition) is 9. The summed E-state index contributed by atoms with van der Waals surface area (Å²) < 4.78 is 11.3. The molecule has 0 bridgehead atoms. The Morgan fingerprint density at radius 3 is 2.40 bits per heavy atom. The molecule has 1 aliphatic carbocycles. The van der Waals surface area contributed by atoms with E-state index in [2.05, 4.69) is 15.6 Å². The monoisotopic (exact) mass is 654 g/mol. The van der Waals surface area contributed by atoms with Gasteiger partial charge in [-0.2, -0.15) is 0 Å². The van der Waals surface area contributed by atoms with Gasteiger partial charge in [0.2, 0.25) is 5.91 Å². The van der Waals surface area contributed by atoms with Crippen LogP contribution in [0, 0.1) is 11.8 Å². The van der Waals surface area contributed by atoms with Crippen LogP contribution in [-0.4, -0.2) is 86.2 Å². The molecule has 12 nitrogen and oxygen atoms in total. The molecule has 2 aromatic heterocycles. The van der Waals surface area contributed by atoms with Crippen molar-refractivity contribution >= 4 is 23.7 Å². The van der Waals surface area contributed by atoms with Crippen molar-refractivity contribution in [2.24, 2.45) is 11.8 Å². The first kappa shape index (κ1) is 36.2. The van der Waals surface area contributed by atoms with Gasteiger partial charge in [-0.05, 0) is 70.9 Å². The van der Waals surface area contributed by atoms with Crippen LogP contribution in [0.5, 0.6) is 0 Å². The Kier molecular flexibility index (Phi) is 11.6. The van der Waals surface area contributed by atoms with Crippen molar-refractivity contribution in [3.8, 4) is 0 Å². The van der Waals surface area contributed by atoms with Gasteiger partial charge in [0.1, 0.15) is 28.6 Å². The molecular formula is C35H54N6O6. The highest BCUT2D eigenvalue weighted by atomic mass is 16.6. The molecule has 0 aromatic carbocycles. The molecule has 1 saturated carbocycles. The number of piperidine rings is 1. The molecule has 0 spiro atoms. The Hall–Kier alpha value is -3.67. The van der Waals surface area contributed by atoms with Gasteiger partial charge in [-0.25, -0.2) is 14.8 Å². The van der Waals surface area contributed by atoms with E-state index < -0.39 is 17.7 Å². The number of hydrogen-bond donors (Lipinski definition) is 3. The Morgan fingerprint density at radius 2 is 1.81 bits per heavy atom. The summed E-state index contributed by atoms with van der Waals surface area (Å²) in [5, 5.41) is 16.4. The van der Waals surface area contributed by atoms with Crippen molar-refractivity contribution in [3.05, 3.63) is 41.7 Å². The maximum atomic E-state index is 14.6. The van der Waals surface area contributed by atoms with Crippen LogP contribution in [0.4, 0.5) is 10.6 Å². The van der Waals surface area contributed by atoms with Gasteiger partial charge in [0.15, 0.2) is 0 Å². The summed E-state index contributed by atoms with van der Waals surface area (Å²) in [4.78, 5) is 54.2. The number of nitrogens with zero attached hydrogens (tertiary/aromatic N) is 4. The molecule has 4 rings (SSSR count). The number of anilines is 1. The summed E-state index contributed by atoms with van der Waals surface area (Å²) in [6.07, 6.45) is 5.23. The molecule has 3 amide bonds. The van der Waals surface area contributed by atoms with E-state index in [0.29, 0.717) is 68.2 Å². The summed E-state index contributed by atoms with van der Waals surface area (Å²) in [6, 6.07) is 2.85. The zero-order valence-electron chi connectivity index (χ0n) is 29.3. The molecule has 1 saturated heterocycles. The van der Waals surface area contributed by atoms with Gasteiger partial charge in [0.25, 0.3) is 5.91 Å². The fourth-order valence-corrected chi connectivity index (χ4v) is 6.10. The predicted octanol–water partition coefficient (Wildman–Crippen LogP) is 5.12. The highest BCUT2D eigenvalue weighted by molar-refractivity contribution is 5.98. The minimum absolute atomic E-state index is 0.0796. The van der Waals surface area contributed by atoms with Gasteiger partial charge < -0.3 is 34.7 Å². The highest BCUT2D eigenvalue weighted by Crippen LogP contribution is 2.28. The molecule has 260 valence electrons. The lowest BCUT2D eigenvalue weighted by Gasteiger charge is -2.44. The van der Waals surface area contributed by atoms with Gasteiger partial charge in [0.05, 0.1) is 25.0 Å². The van der Waals surface area contributed by atoms with E-state index in [9.17, 15) is 19.5 Å². The van der Waals surface area contributed by atoms with Crippen molar-refractivity contribution < 1.29 is 28.6 Å². The fourth-order valence-electron chi connectivity index (χ4n) is 6.10. The summed E-state index contributed by atoms with van der Waals surface area (Å²) >= 11 is 0. The van der Waals surface area contributed by atoms with Crippen LogP contribution in [0.15, 0.2) is 29.0 Å². The van der Waals surface area contributed by atoms with Gasteiger partial charge in [-0.1, -0.05) is 34.6 Å². The Balaban J connectivity index is 1.65. The Morgan fingerprint density at radius 1 is 1.11 bits per heavy atom. The minimum Gasteiger partial charge on any atom is -0.467 e. The SMILES string of the molecule is CC(C)CN(C(=O)c1cnc(C(C)(C)C)nc1NCc1ccco1)[C@H]1C[C@@H](NC(=O)C2CCC(O)CC2)CN(C(=O)OC(C)(C)C)C1. The Labute approximate surface area is 279 Å². The standard InChI is InChI=1S/C35H54N6O6/c1-22(2)19-41(31(44)28-18-37-32(34(3,4)5)39-29(28)36-17-27-10-9-15-46-27)25-16-24(20-40(21-25)33(45)47-35(6,7)8)38-30(43)23-11-13-26(42)14-12-23/h9-10,15,18,22-26,42H,11-14,16-17,19-21H2,1-8H3,(H,38,43)(H,36,37,39)/t23?,24-,25+,26?/m1/s1. The first-order valence-corrected chi connectivity index (χ1v) is 16.9. The molecule has 3 heterocycles. The van der Waals surface area contributed by atoms with Crippen molar-refractivity contribution in [2.75, 3.05) is 25.0 Å². The van der Waals surface area contributed by atoms with Gasteiger partial charge >= 0.3 is 6.09 Å². The van der Waals surface area contributed by atoms with Crippen LogP contribution in [0.2, 0.25) is 0 Å². The fraction of sp³-hybridized carbons (Fsp3) is 0.686. The largest absolute Gasteiger partial charge is 0.467 e. The number of amides is 3. The van der Waals surface area contributed by atoms with Crippen LogP contribution in [0.3, 0.4) is 0 Å². The number of likely N-dealkylation sites (tertiary alicyclic amines) is 1. The topological polar surface area (TPSA) is 150 Å². The second kappa shape index (κ2) is 15.0. The maximum Gasteiger partial charge on any atom is 0.410 e. The number of nitrogens with one attached hydrogen (secondary N) is 2. The second-order valence-corrected chi connectivity index (χ2v) is 15.5. The maximum absolute atomic E-state index is 14.6. The van der Waals surface area contributed by atoms with Crippen molar-refractivity contribution in [3.63, 3.8) is 0 Å². The highest BCUT2D eigenvalue weighted by Gasteiger charge is 2.39. The first-order chi connectivity index (χ1) is 22.0. The normalized spacial score (nSPS) is 22.1. The molecule has 0 radical (unpaired) electrons. The summed E-state index contributed by atoms with van der Waals surface area (Å²) in [7, 11) is 0. The Bertz CT molecular complexity index is 1360. The molecule has 2 atom stereocenters. The molecular weight excluding hydrogens is 600 g/mol. The van der Waals surface area contributed by atoms with E-state index in [1.54, 1.807) is 28.3 Å². The number of carbonyl (C=O) groups is 3. The van der Waals surface area contributed by atoms with Crippen molar-refractivity contribution in [1.82, 2.24) is 25.1 Å². The molecule has 12 heteroatoms. The van der Waals surface area contributed by atoms with E-state index in [1.165, 1.54) is 0 Å². The third-order valence-electron chi connectivity index (χ3n) is 8.46. The zero-order valence-corrected chi connectivity index (χ0v) is 29.3. The third kappa shape index (κ3) is 10.2. The van der Waals surface area contributed by atoms with Gasteiger partial charge in [-0.3, -0.25) is 9.59 Å². The van der Waals surface area contributed by atoms with Crippen LogP contribution in [0.25, 0.3) is 0 Å². The lowest BCUT2D eigenvalue weighted by atomic mass is 9.86. The molecule has 47 heavy (non-hydrogen) atoms. The van der Waals surface area contributed by atoms with E-state index in [4.69, 9.17) is 14.1 Å². The van der Waals surface area contributed by atoms with Crippen LogP contribution < -0.4 is 10.6 Å². The number of furan rings is 1. The van der Waals surface area contributed by atoms with Crippen LogP contribution >= 0.6 is 0 Å². The average Bonchev–Trinajstić information content (AvgIpc) is 3.51.